The number of halogens is 4. The summed E-state index contributed by atoms with van der Waals surface area (Å²) in [6.45, 7) is 1.29. The first-order valence-electron chi connectivity index (χ1n) is 7.02. The minimum absolute atomic E-state index is 0.417. The molecule has 0 aliphatic rings. The highest BCUT2D eigenvalue weighted by Gasteiger charge is 2.15. The zero-order valence-corrected chi connectivity index (χ0v) is 13.7. The summed E-state index contributed by atoms with van der Waals surface area (Å²) in [7, 11) is 0. The molecule has 0 aliphatic carbocycles. The molecule has 25 heavy (non-hydrogen) atoms. The van der Waals surface area contributed by atoms with E-state index in [1.807, 2.05) is 5.32 Å². The van der Waals surface area contributed by atoms with Crippen LogP contribution in [0, 0.1) is 24.4 Å². The molecule has 0 spiro atoms. The Morgan fingerprint density at radius 2 is 1.76 bits per heavy atom. The summed E-state index contributed by atoms with van der Waals surface area (Å²) in [5, 5.41) is 7.19. The third-order valence-electron chi connectivity index (χ3n) is 3.15. The molecular weight excluding hydrogens is 359 g/mol. The lowest BCUT2D eigenvalue weighted by Crippen LogP contribution is -2.36. The largest absolute Gasteiger partial charge is 0.329 e. The molecule has 2 rings (SSSR count). The van der Waals surface area contributed by atoms with Crippen molar-refractivity contribution >= 4 is 34.9 Å². The number of hydrogen-bond donors (Lipinski definition) is 3. The molecule has 3 N–H and O–H groups in total. The van der Waals surface area contributed by atoms with Gasteiger partial charge in [-0.2, -0.15) is 0 Å². The van der Waals surface area contributed by atoms with Crippen molar-refractivity contribution in [2.45, 2.75) is 6.92 Å². The van der Waals surface area contributed by atoms with Crippen LogP contribution in [0.25, 0.3) is 0 Å². The second-order valence-electron chi connectivity index (χ2n) is 5.04. The van der Waals surface area contributed by atoms with Gasteiger partial charge in [0.1, 0.15) is 0 Å². The zero-order valence-electron chi connectivity index (χ0n) is 12.9. The van der Waals surface area contributed by atoms with Crippen LogP contribution in [-0.4, -0.2) is 18.5 Å². The molecule has 0 atom stereocenters. The summed E-state index contributed by atoms with van der Waals surface area (Å²) in [5.41, 5.74) is 0.720. The monoisotopic (exact) mass is 371 g/mol. The van der Waals surface area contributed by atoms with E-state index < -0.39 is 41.6 Å². The van der Waals surface area contributed by atoms with Gasteiger partial charge in [0, 0.05) is 10.7 Å². The van der Waals surface area contributed by atoms with E-state index in [4.69, 9.17) is 11.6 Å². The number of carbonyl (C=O) groups is 2. The van der Waals surface area contributed by atoms with Gasteiger partial charge in [0.05, 0.1) is 12.2 Å². The van der Waals surface area contributed by atoms with Crippen LogP contribution in [0.3, 0.4) is 0 Å². The van der Waals surface area contributed by atoms with E-state index in [0.717, 1.165) is 11.6 Å². The maximum Gasteiger partial charge on any atom is 0.319 e. The Morgan fingerprint density at radius 3 is 2.44 bits per heavy atom. The summed E-state index contributed by atoms with van der Waals surface area (Å²) < 4.78 is 39.3. The first-order valence-corrected chi connectivity index (χ1v) is 7.40. The van der Waals surface area contributed by atoms with E-state index in [0.29, 0.717) is 16.8 Å². The highest BCUT2D eigenvalue weighted by molar-refractivity contribution is 6.31. The molecule has 132 valence electrons. The van der Waals surface area contributed by atoms with Crippen LogP contribution < -0.4 is 16.0 Å². The standard InChI is InChI=1S/C16H13ClF3N3O2/c1-8-2-3-9(6-10(8)17)22-16(25)21-7-13(24)23-12-5-4-11(18)14(19)15(12)20/h2-6H,7H2,1H3,(H,23,24)(H2,21,22,25). The number of carbonyl (C=O) groups excluding carboxylic acids is 2. The molecule has 0 saturated carbocycles. The SMILES string of the molecule is Cc1ccc(NC(=O)NCC(=O)Nc2ccc(F)c(F)c2F)cc1Cl. The summed E-state index contributed by atoms with van der Waals surface area (Å²) in [6.07, 6.45) is 0. The molecule has 3 amide bonds. The summed E-state index contributed by atoms with van der Waals surface area (Å²) >= 11 is 5.93. The summed E-state index contributed by atoms with van der Waals surface area (Å²) in [4.78, 5) is 23.4. The second kappa shape index (κ2) is 7.89. The Morgan fingerprint density at radius 1 is 1.04 bits per heavy atom. The first-order chi connectivity index (χ1) is 11.8. The fraction of sp³-hybridized carbons (Fsp3) is 0.125. The van der Waals surface area contributed by atoms with Crippen molar-refractivity contribution in [3.8, 4) is 0 Å². The van der Waals surface area contributed by atoms with Crippen molar-refractivity contribution < 1.29 is 22.8 Å². The van der Waals surface area contributed by atoms with Crippen LogP contribution in [0.5, 0.6) is 0 Å². The fourth-order valence-electron chi connectivity index (χ4n) is 1.82. The predicted molar refractivity (Wildman–Crippen MR) is 88.2 cm³/mol. The van der Waals surface area contributed by atoms with Crippen LogP contribution in [0.1, 0.15) is 5.56 Å². The number of nitrogens with one attached hydrogen (secondary N) is 3. The smallest absolute Gasteiger partial charge is 0.319 e. The van der Waals surface area contributed by atoms with Gasteiger partial charge in [-0.1, -0.05) is 17.7 Å². The number of urea groups is 1. The topological polar surface area (TPSA) is 70.2 Å². The van der Waals surface area contributed by atoms with Gasteiger partial charge in [0.25, 0.3) is 0 Å². The van der Waals surface area contributed by atoms with E-state index in [1.165, 1.54) is 6.07 Å². The second-order valence-corrected chi connectivity index (χ2v) is 5.45. The van der Waals surface area contributed by atoms with Gasteiger partial charge in [-0.15, -0.1) is 0 Å². The van der Waals surface area contributed by atoms with Gasteiger partial charge in [0.15, 0.2) is 17.5 Å². The molecule has 0 radical (unpaired) electrons. The highest BCUT2D eigenvalue weighted by atomic mass is 35.5. The minimum atomic E-state index is -1.69. The minimum Gasteiger partial charge on any atom is -0.329 e. The molecule has 2 aromatic rings. The molecule has 0 saturated heterocycles. The van der Waals surface area contributed by atoms with Crippen LogP contribution in [0.2, 0.25) is 5.02 Å². The van der Waals surface area contributed by atoms with Gasteiger partial charge >= 0.3 is 6.03 Å². The van der Waals surface area contributed by atoms with Gasteiger partial charge in [-0.3, -0.25) is 4.79 Å². The third-order valence-corrected chi connectivity index (χ3v) is 3.56. The summed E-state index contributed by atoms with van der Waals surface area (Å²) in [6, 6.07) is 5.72. The van der Waals surface area contributed by atoms with Crippen LogP contribution >= 0.6 is 11.6 Å². The molecule has 0 aromatic heterocycles. The number of benzene rings is 2. The molecule has 0 fully saturated rings. The van der Waals surface area contributed by atoms with E-state index in [1.54, 1.807) is 19.1 Å². The Bertz CT molecular complexity index is 831. The predicted octanol–water partition coefficient (Wildman–Crippen LogP) is 3.83. The quantitative estimate of drug-likeness (QED) is 0.715. The molecule has 0 unspecified atom stereocenters. The van der Waals surface area contributed by atoms with E-state index >= 15 is 0 Å². The molecule has 2 aromatic carbocycles. The lowest BCUT2D eigenvalue weighted by atomic mass is 10.2. The molecule has 0 bridgehead atoms. The molecule has 0 aliphatic heterocycles. The fourth-order valence-corrected chi connectivity index (χ4v) is 2.00. The Balaban J connectivity index is 1.88. The van der Waals surface area contributed by atoms with Crippen LogP contribution in [0.15, 0.2) is 30.3 Å². The molecule has 5 nitrogen and oxygen atoms in total. The Hall–Kier alpha value is -2.74. The number of anilines is 2. The van der Waals surface area contributed by atoms with Crippen LogP contribution in [-0.2, 0) is 4.79 Å². The van der Waals surface area contributed by atoms with Crippen molar-refractivity contribution in [2.24, 2.45) is 0 Å². The Kier molecular flexibility index (Phi) is 5.87. The van der Waals surface area contributed by atoms with Crippen molar-refractivity contribution in [1.82, 2.24) is 5.32 Å². The van der Waals surface area contributed by atoms with Crippen molar-refractivity contribution in [3.05, 3.63) is 58.4 Å². The molecule has 9 heteroatoms. The maximum atomic E-state index is 13.4. The lowest BCUT2D eigenvalue weighted by molar-refractivity contribution is -0.115. The normalized spacial score (nSPS) is 10.3. The highest BCUT2D eigenvalue weighted by Crippen LogP contribution is 2.20. The zero-order chi connectivity index (χ0) is 18.6. The first kappa shape index (κ1) is 18.6. The van der Waals surface area contributed by atoms with Gasteiger partial charge < -0.3 is 16.0 Å². The summed E-state index contributed by atoms with van der Waals surface area (Å²) in [5.74, 6) is -5.40. The average molecular weight is 372 g/mol. The van der Waals surface area contributed by atoms with E-state index in [-0.39, 0.29) is 0 Å². The van der Waals surface area contributed by atoms with E-state index in [9.17, 15) is 22.8 Å². The number of rotatable bonds is 4. The lowest BCUT2D eigenvalue weighted by Gasteiger charge is -2.10. The van der Waals surface area contributed by atoms with Crippen molar-refractivity contribution in [1.29, 1.82) is 0 Å². The third kappa shape index (κ3) is 4.87. The van der Waals surface area contributed by atoms with E-state index in [2.05, 4.69) is 10.6 Å². The maximum absolute atomic E-state index is 13.4. The van der Waals surface area contributed by atoms with Gasteiger partial charge in [-0.25, -0.2) is 18.0 Å². The number of amides is 3. The van der Waals surface area contributed by atoms with Gasteiger partial charge in [-0.05, 0) is 36.8 Å². The molecular formula is C16H13ClF3N3O2. The average Bonchev–Trinajstić information content (AvgIpc) is 2.57. The van der Waals surface area contributed by atoms with Crippen molar-refractivity contribution in [2.75, 3.05) is 17.2 Å². The Labute approximate surface area is 146 Å². The number of aryl methyl sites for hydroxylation is 1. The molecule has 0 heterocycles. The van der Waals surface area contributed by atoms with Crippen LogP contribution in [0.4, 0.5) is 29.3 Å². The number of hydrogen-bond acceptors (Lipinski definition) is 2. The van der Waals surface area contributed by atoms with Crippen molar-refractivity contribution in [3.63, 3.8) is 0 Å². The van der Waals surface area contributed by atoms with Gasteiger partial charge in [0.2, 0.25) is 5.91 Å².